The zero-order valence-electron chi connectivity index (χ0n) is 15.6. The van der Waals surface area contributed by atoms with Crippen LogP contribution < -0.4 is 5.69 Å². The maximum atomic E-state index is 12.6. The average Bonchev–Trinajstić information content (AvgIpc) is 2.84. The smallest absolute Gasteiger partial charge is 0.339 e. The largest absolute Gasteiger partial charge is 0.465 e. The quantitative estimate of drug-likeness (QED) is 0.676. The number of methoxy groups -OCH3 is 1. The van der Waals surface area contributed by atoms with Crippen molar-refractivity contribution in [1.82, 2.24) is 19.1 Å². The number of nitrogens with zero attached hydrogens (tertiary/aromatic N) is 4. The molecule has 0 N–H and O–H groups in total. The Morgan fingerprint density at radius 1 is 1.23 bits per heavy atom. The van der Waals surface area contributed by atoms with Gasteiger partial charge in [0.05, 0.1) is 23.9 Å². The molecule has 0 unspecified atom stereocenters. The fraction of sp³-hybridized carbons (Fsp3) is 0.368. The summed E-state index contributed by atoms with van der Waals surface area (Å²) in [7, 11) is 3.04. The molecule has 0 saturated carbocycles. The molecule has 3 aromatic heterocycles. The van der Waals surface area contributed by atoms with E-state index in [-0.39, 0.29) is 11.1 Å². The lowest BCUT2D eigenvalue weighted by atomic mass is 9.97. The number of hydrogen-bond acceptors (Lipinski definition) is 5. The molecule has 3 aromatic rings. The summed E-state index contributed by atoms with van der Waals surface area (Å²) < 4.78 is 8.02. The Morgan fingerprint density at radius 2 is 1.96 bits per heavy atom. The molecule has 0 aliphatic rings. The number of esters is 1. The molecule has 0 fully saturated rings. The van der Waals surface area contributed by atoms with E-state index in [2.05, 4.69) is 30.7 Å². The van der Waals surface area contributed by atoms with E-state index >= 15 is 0 Å². The van der Waals surface area contributed by atoms with Crippen LogP contribution in [-0.4, -0.2) is 32.2 Å². The Bertz CT molecular complexity index is 1040. The molecular formula is C19H22N4O3. The number of hydrogen-bond donors (Lipinski definition) is 0. The predicted octanol–water partition coefficient (Wildman–Crippen LogP) is 2.63. The lowest BCUT2D eigenvalue weighted by Crippen LogP contribution is -2.27. The molecule has 136 valence electrons. The number of ether oxygens (including phenoxy) is 1. The minimum atomic E-state index is -0.454. The lowest BCUT2D eigenvalue weighted by Gasteiger charge is -2.18. The van der Waals surface area contributed by atoms with Gasteiger partial charge in [-0.2, -0.15) is 0 Å². The van der Waals surface area contributed by atoms with Crippen molar-refractivity contribution in [2.45, 2.75) is 27.3 Å². The highest BCUT2D eigenvalue weighted by atomic mass is 16.5. The second-order valence-electron chi connectivity index (χ2n) is 7.48. The molecule has 0 amide bonds. The van der Waals surface area contributed by atoms with Gasteiger partial charge in [0.15, 0.2) is 5.65 Å². The normalized spacial score (nSPS) is 11.7. The van der Waals surface area contributed by atoms with Crippen LogP contribution in [-0.2, 0) is 18.3 Å². The fourth-order valence-electron chi connectivity index (χ4n) is 2.87. The number of carbonyl (C=O) groups excluding carboxylic acids is 1. The summed E-state index contributed by atoms with van der Waals surface area (Å²) in [6, 6.07) is 5.39. The van der Waals surface area contributed by atoms with Crippen molar-refractivity contribution in [3.63, 3.8) is 0 Å². The first-order valence-electron chi connectivity index (χ1n) is 8.31. The van der Waals surface area contributed by atoms with E-state index in [0.717, 1.165) is 5.52 Å². The fourth-order valence-corrected chi connectivity index (χ4v) is 2.87. The van der Waals surface area contributed by atoms with Gasteiger partial charge in [0.1, 0.15) is 0 Å². The van der Waals surface area contributed by atoms with Crippen LogP contribution in [0.15, 0.2) is 35.4 Å². The van der Waals surface area contributed by atoms with Gasteiger partial charge < -0.3 is 4.74 Å². The highest BCUT2D eigenvalue weighted by Crippen LogP contribution is 2.23. The number of aryl methyl sites for hydroxylation is 1. The van der Waals surface area contributed by atoms with Crippen LogP contribution in [0.2, 0.25) is 0 Å². The molecule has 0 saturated heterocycles. The van der Waals surface area contributed by atoms with E-state index < -0.39 is 5.97 Å². The minimum Gasteiger partial charge on any atom is -0.465 e. The zero-order valence-corrected chi connectivity index (χ0v) is 15.6. The summed E-state index contributed by atoms with van der Waals surface area (Å²) in [5.41, 5.74) is 2.93. The molecule has 3 rings (SSSR count). The van der Waals surface area contributed by atoms with Gasteiger partial charge >= 0.3 is 11.7 Å². The van der Waals surface area contributed by atoms with Crippen LogP contribution in [0.25, 0.3) is 22.4 Å². The maximum absolute atomic E-state index is 12.6. The highest BCUT2D eigenvalue weighted by Gasteiger charge is 2.19. The van der Waals surface area contributed by atoms with Gasteiger partial charge in [0.2, 0.25) is 0 Å². The van der Waals surface area contributed by atoms with E-state index in [9.17, 15) is 9.59 Å². The standard InChI is InChI=1S/C19H22N4O3/c1-19(2,3)11-23-15-7-6-14(21-16(15)22(4)18(23)25)12-8-13(10-20-9-12)17(24)26-5/h6-10H,11H2,1-5H3. The van der Waals surface area contributed by atoms with Crippen molar-refractivity contribution in [3.8, 4) is 11.3 Å². The molecule has 0 aliphatic heterocycles. The van der Waals surface area contributed by atoms with Gasteiger partial charge in [-0.15, -0.1) is 0 Å². The third-order valence-electron chi connectivity index (χ3n) is 4.07. The molecule has 7 heteroatoms. The van der Waals surface area contributed by atoms with Crippen LogP contribution >= 0.6 is 0 Å². The van der Waals surface area contributed by atoms with Crippen LogP contribution in [0.3, 0.4) is 0 Å². The van der Waals surface area contributed by atoms with E-state index in [1.54, 1.807) is 28.4 Å². The number of pyridine rings is 2. The molecule has 0 radical (unpaired) electrons. The second kappa shape index (κ2) is 6.40. The Balaban J connectivity index is 2.13. The van der Waals surface area contributed by atoms with Crippen molar-refractivity contribution in [2.75, 3.05) is 7.11 Å². The van der Waals surface area contributed by atoms with Crippen molar-refractivity contribution in [1.29, 1.82) is 0 Å². The zero-order chi connectivity index (χ0) is 19.1. The van der Waals surface area contributed by atoms with E-state index in [0.29, 0.717) is 29.0 Å². The number of aromatic nitrogens is 4. The molecule has 0 spiro atoms. The average molecular weight is 354 g/mol. The first kappa shape index (κ1) is 17.8. The Kier molecular flexibility index (Phi) is 4.39. The second-order valence-corrected chi connectivity index (χ2v) is 7.48. The van der Waals surface area contributed by atoms with E-state index in [4.69, 9.17) is 4.74 Å². The molecule has 0 aliphatic carbocycles. The summed E-state index contributed by atoms with van der Waals surface area (Å²) in [6.45, 7) is 6.86. The van der Waals surface area contributed by atoms with Gasteiger partial charge in [0, 0.05) is 31.5 Å². The lowest BCUT2D eigenvalue weighted by molar-refractivity contribution is 0.0600. The minimum absolute atomic E-state index is 0.0322. The van der Waals surface area contributed by atoms with Crippen LogP contribution in [0.5, 0.6) is 0 Å². The van der Waals surface area contributed by atoms with Crippen LogP contribution in [0.4, 0.5) is 0 Å². The first-order valence-corrected chi connectivity index (χ1v) is 8.31. The van der Waals surface area contributed by atoms with Crippen molar-refractivity contribution < 1.29 is 9.53 Å². The SMILES string of the molecule is COC(=O)c1cncc(-c2ccc3c(n2)n(C)c(=O)n3CC(C)(C)C)c1. The summed E-state index contributed by atoms with van der Waals surface area (Å²) >= 11 is 0. The number of fused-ring (bicyclic) bond motifs is 1. The van der Waals surface area contributed by atoms with Crippen molar-refractivity contribution >= 4 is 17.1 Å². The van der Waals surface area contributed by atoms with Gasteiger partial charge in [-0.25, -0.2) is 14.6 Å². The summed E-state index contributed by atoms with van der Waals surface area (Å²) in [6.07, 6.45) is 3.08. The van der Waals surface area contributed by atoms with E-state index in [1.807, 2.05) is 12.1 Å². The van der Waals surface area contributed by atoms with Crippen molar-refractivity contribution in [2.24, 2.45) is 12.5 Å². The maximum Gasteiger partial charge on any atom is 0.339 e. The third-order valence-corrected chi connectivity index (χ3v) is 4.07. The molecule has 3 heterocycles. The molecule has 0 aromatic carbocycles. The topological polar surface area (TPSA) is 79.0 Å². The monoisotopic (exact) mass is 354 g/mol. The number of carbonyl (C=O) groups is 1. The number of rotatable bonds is 3. The Hall–Kier alpha value is -2.96. The first-order chi connectivity index (χ1) is 12.2. The van der Waals surface area contributed by atoms with Crippen LogP contribution in [0.1, 0.15) is 31.1 Å². The molecule has 0 bridgehead atoms. The highest BCUT2D eigenvalue weighted by molar-refractivity contribution is 5.90. The van der Waals surface area contributed by atoms with Gasteiger partial charge in [0.25, 0.3) is 0 Å². The van der Waals surface area contributed by atoms with Gasteiger partial charge in [-0.3, -0.25) is 14.1 Å². The summed E-state index contributed by atoms with van der Waals surface area (Å²) in [5.74, 6) is -0.454. The molecule has 26 heavy (non-hydrogen) atoms. The summed E-state index contributed by atoms with van der Waals surface area (Å²) in [4.78, 5) is 33.0. The van der Waals surface area contributed by atoms with Gasteiger partial charge in [-0.05, 0) is 23.6 Å². The third kappa shape index (κ3) is 3.24. The molecular weight excluding hydrogens is 332 g/mol. The molecule has 7 nitrogen and oxygen atoms in total. The van der Waals surface area contributed by atoms with Crippen LogP contribution in [0, 0.1) is 5.41 Å². The summed E-state index contributed by atoms with van der Waals surface area (Å²) in [5, 5.41) is 0. The number of imidazole rings is 1. The Labute approximate surface area is 151 Å². The molecule has 0 atom stereocenters. The predicted molar refractivity (Wildman–Crippen MR) is 99.0 cm³/mol. The van der Waals surface area contributed by atoms with Gasteiger partial charge in [-0.1, -0.05) is 20.8 Å². The Morgan fingerprint density at radius 3 is 2.62 bits per heavy atom. The van der Waals surface area contributed by atoms with E-state index in [1.165, 1.54) is 13.3 Å². The van der Waals surface area contributed by atoms with Crippen molar-refractivity contribution in [3.05, 3.63) is 46.6 Å².